The van der Waals surface area contributed by atoms with Gasteiger partial charge in [0, 0.05) is 18.7 Å². The van der Waals surface area contributed by atoms with Crippen molar-refractivity contribution in [3.05, 3.63) is 42.0 Å². The van der Waals surface area contributed by atoms with Gasteiger partial charge in [-0.1, -0.05) is 39.0 Å². The maximum Gasteiger partial charge on any atom is 0.257 e. The summed E-state index contributed by atoms with van der Waals surface area (Å²) in [7, 11) is -3.65. The fourth-order valence-corrected chi connectivity index (χ4v) is 6.33. The number of carbonyl (C=O) groups is 1. The Kier molecular flexibility index (Phi) is 6.60. The van der Waals surface area contributed by atoms with Crippen LogP contribution >= 0.6 is 11.3 Å². The van der Waals surface area contributed by atoms with E-state index in [-0.39, 0.29) is 29.4 Å². The van der Waals surface area contributed by atoms with E-state index < -0.39 is 10.0 Å². The monoisotopic (exact) mass is 489 g/mol. The zero-order valence-electron chi connectivity index (χ0n) is 19.0. The number of amides is 1. The lowest BCUT2D eigenvalue weighted by Gasteiger charge is -2.25. The average molecular weight is 490 g/mol. The van der Waals surface area contributed by atoms with Crippen LogP contribution in [-0.2, 0) is 10.0 Å². The second kappa shape index (κ2) is 9.28. The van der Waals surface area contributed by atoms with Gasteiger partial charge in [-0.05, 0) is 48.2 Å². The van der Waals surface area contributed by atoms with Crippen molar-refractivity contribution in [3.8, 4) is 11.5 Å². The minimum atomic E-state index is -3.65. The Morgan fingerprint density at radius 1 is 1.06 bits per heavy atom. The molecule has 0 atom stereocenters. The Morgan fingerprint density at radius 3 is 2.45 bits per heavy atom. The maximum atomic E-state index is 13.3. The largest absolute Gasteiger partial charge is 0.454 e. The molecule has 1 aromatic heterocycles. The highest BCUT2D eigenvalue weighted by atomic mass is 32.2. The normalized spacial score (nSPS) is 13.4. The van der Waals surface area contributed by atoms with E-state index in [1.807, 2.05) is 27.7 Å². The summed E-state index contributed by atoms with van der Waals surface area (Å²) in [6, 6.07) is 9.85. The van der Waals surface area contributed by atoms with Crippen LogP contribution in [-0.4, -0.2) is 43.5 Å². The van der Waals surface area contributed by atoms with Crippen LogP contribution in [0, 0.1) is 11.8 Å². The SMILES string of the molecule is CC(C)CN(CC(C)C)S(=O)(=O)c1ccc2nc(NC(=O)c3ccc4c(c3)OCO4)sc2c1. The van der Waals surface area contributed by atoms with Gasteiger partial charge in [0.25, 0.3) is 5.91 Å². The molecule has 2 aromatic carbocycles. The van der Waals surface area contributed by atoms with E-state index in [0.717, 1.165) is 0 Å². The molecule has 1 aliphatic heterocycles. The Labute approximate surface area is 197 Å². The topological polar surface area (TPSA) is 97.8 Å². The van der Waals surface area contributed by atoms with Gasteiger partial charge in [-0.25, -0.2) is 13.4 Å². The number of anilines is 1. The Bertz CT molecular complexity index is 1270. The van der Waals surface area contributed by atoms with Gasteiger partial charge >= 0.3 is 0 Å². The number of rotatable bonds is 8. The molecule has 0 spiro atoms. The first kappa shape index (κ1) is 23.5. The first-order valence-electron chi connectivity index (χ1n) is 10.7. The summed E-state index contributed by atoms with van der Waals surface area (Å²) in [5.74, 6) is 1.21. The lowest BCUT2D eigenvalue weighted by molar-refractivity contribution is 0.102. The van der Waals surface area contributed by atoms with Crippen LogP contribution < -0.4 is 14.8 Å². The second-order valence-electron chi connectivity index (χ2n) is 8.78. The molecule has 0 saturated heterocycles. The summed E-state index contributed by atoms with van der Waals surface area (Å²) in [5, 5.41) is 3.18. The fourth-order valence-electron chi connectivity index (χ4n) is 3.56. The lowest BCUT2D eigenvalue weighted by Crippen LogP contribution is -2.37. The van der Waals surface area contributed by atoms with Gasteiger partial charge in [0.2, 0.25) is 16.8 Å². The summed E-state index contributed by atoms with van der Waals surface area (Å²) in [6.07, 6.45) is 0. The minimum absolute atomic E-state index is 0.134. The van der Waals surface area contributed by atoms with Crippen molar-refractivity contribution in [1.82, 2.24) is 9.29 Å². The van der Waals surface area contributed by atoms with Gasteiger partial charge in [0.1, 0.15) is 0 Å². The number of sulfonamides is 1. The number of hydrogen-bond acceptors (Lipinski definition) is 7. The molecule has 8 nitrogen and oxygen atoms in total. The van der Waals surface area contributed by atoms with E-state index in [1.165, 1.54) is 11.3 Å². The molecular weight excluding hydrogens is 462 g/mol. The summed E-state index contributed by atoms with van der Waals surface area (Å²) >= 11 is 1.23. The molecule has 1 N–H and O–H groups in total. The van der Waals surface area contributed by atoms with E-state index in [1.54, 1.807) is 40.7 Å². The van der Waals surface area contributed by atoms with Crippen molar-refractivity contribution in [2.24, 2.45) is 11.8 Å². The lowest BCUT2D eigenvalue weighted by atomic mass is 10.2. The Balaban J connectivity index is 1.57. The van der Waals surface area contributed by atoms with Crippen molar-refractivity contribution in [2.75, 3.05) is 25.2 Å². The molecule has 33 heavy (non-hydrogen) atoms. The van der Waals surface area contributed by atoms with Gasteiger partial charge < -0.3 is 9.47 Å². The molecule has 2 heterocycles. The number of ether oxygens (including phenoxy) is 2. The first-order chi connectivity index (χ1) is 15.6. The van der Waals surface area contributed by atoms with E-state index >= 15 is 0 Å². The summed E-state index contributed by atoms with van der Waals surface area (Å²) < 4.78 is 39.5. The number of fused-ring (bicyclic) bond motifs is 2. The molecular formula is C23H27N3O5S2. The number of aromatic nitrogens is 1. The smallest absolute Gasteiger partial charge is 0.257 e. The molecule has 10 heteroatoms. The molecule has 0 aliphatic carbocycles. The van der Waals surface area contributed by atoms with Crippen LogP contribution in [0.1, 0.15) is 38.1 Å². The molecule has 1 aliphatic rings. The zero-order valence-corrected chi connectivity index (χ0v) is 20.6. The number of nitrogens with zero attached hydrogens (tertiary/aromatic N) is 2. The molecule has 1 amide bonds. The van der Waals surface area contributed by atoms with Crippen molar-refractivity contribution < 1.29 is 22.7 Å². The van der Waals surface area contributed by atoms with Crippen molar-refractivity contribution in [1.29, 1.82) is 0 Å². The highest BCUT2D eigenvalue weighted by Crippen LogP contribution is 2.33. The van der Waals surface area contributed by atoms with Gasteiger partial charge in [-0.2, -0.15) is 4.31 Å². The molecule has 0 bridgehead atoms. The Hall–Kier alpha value is -2.69. The predicted octanol–water partition coefficient (Wildman–Crippen LogP) is 4.58. The zero-order chi connectivity index (χ0) is 23.8. The standard InChI is InChI=1S/C23H27N3O5S2/c1-14(2)11-26(12-15(3)4)33(28,29)17-6-7-18-21(10-17)32-23(24-18)25-22(27)16-5-8-19-20(9-16)31-13-30-19/h5-10,14-15H,11-13H2,1-4H3,(H,24,25,27). The number of thiazole rings is 1. The third kappa shape index (κ3) is 5.13. The number of nitrogens with one attached hydrogen (secondary N) is 1. The Morgan fingerprint density at radius 2 is 1.76 bits per heavy atom. The van der Waals surface area contributed by atoms with Gasteiger partial charge in [-0.3, -0.25) is 10.1 Å². The van der Waals surface area contributed by atoms with Crippen molar-refractivity contribution in [3.63, 3.8) is 0 Å². The summed E-state index contributed by atoms with van der Waals surface area (Å²) in [5.41, 5.74) is 1.04. The minimum Gasteiger partial charge on any atom is -0.454 e. The van der Waals surface area contributed by atoms with Crippen molar-refractivity contribution in [2.45, 2.75) is 32.6 Å². The van der Waals surface area contributed by atoms with Crippen LogP contribution in [0.2, 0.25) is 0 Å². The van der Waals surface area contributed by atoms with E-state index in [4.69, 9.17) is 9.47 Å². The summed E-state index contributed by atoms with van der Waals surface area (Å²) in [6.45, 7) is 9.06. The van der Waals surface area contributed by atoms with Gasteiger partial charge in [-0.15, -0.1) is 0 Å². The van der Waals surface area contributed by atoms with Crippen molar-refractivity contribution >= 4 is 42.6 Å². The van der Waals surface area contributed by atoms with E-state index in [2.05, 4.69) is 10.3 Å². The molecule has 3 aromatic rings. The molecule has 0 fully saturated rings. The van der Waals surface area contributed by atoms with Crippen LogP contribution in [0.5, 0.6) is 11.5 Å². The second-order valence-corrected chi connectivity index (χ2v) is 11.7. The van der Waals surface area contributed by atoms with Gasteiger partial charge in [0.05, 0.1) is 15.1 Å². The molecule has 4 rings (SSSR count). The predicted molar refractivity (Wildman–Crippen MR) is 129 cm³/mol. The number of carbonyl (C=O) groups excluding carboxylic acids is 1. The van der Waals surface area contributed by atoms with E-state index in [0.29, 0.717) is 45.5 Å². The van der Waals surface area contributed by atoms with Crippen LogP contribution in [0.15, 0.2) is 41.3 Å². The summed E-state index contributed by atoms with van der Waals surface area (Å²) in [4.78, 5) is 17.3. The van der Waals surface area contributed by atoms with Crippen LogP contribution in [0.4, 0.5) is 5.13 Å². The highest BCUT2D eigenvalue weighted by molar-refractivity contribution is 7.89. The molecule has 0 saturated carbocycles. The molecule has 0 unspecified atom stereocenters. The first-order valence-corrected chi connectivity index (χ1v) is 13.0. The fraction of sp³-hybridized carbons (Fsp3) is 0.391. The van der Waals surface area contributed by atoms with Crippen LogP contribution in [0.3, 0.4) is 0 Å². The number of benzene rings is 2. The van der Waals surface area contributed by atoms with E-state index in [9.17, 15) is 13.2 Å². The quantitative estimate of drug-likeness (QED) is 0.497. The van der Waals surface area contributed by atoms with Gasteiger partial charge in [0.15, 0.2) is 16.6 Å². The average Bonchev–Trinajstić information content (AvgIpc) is 3.37. The third-order valence-electron chi connectivity index (χ3n) is 4.99. The molecule has 0 radical (unpaired) electrons. The number of hydrogen-bond donors (Lipinski definition) is 1. The van der Waals surface area contributed by atoms with Crippen LogP contribution in [0.25, 0.3) is 10.2 Å². The third-order valence-corrected chi connectivity index (χ3v) is 7.75. The highest BCUT2D eigenvalue weighted by Gasteiger charge is 2.26. The molecule has 176 valence electrons. The maximum absolute atomic E-state index is 13.3.